The highest BCUT2D eigenvalue weighted by molar-refractivity contribution is 8.15. The molecule has 2 aromatic rings. The van der Waals surface area contributed by atoms with Gasteiger partial charge in [-0.3, -0.25) is 10.1 Å². The van der Waals surface area contributed by atoms with Crippen LogP contribution in [0.15, 0.2) is 58.7 Å². The van der Waals surface area contributed by atoms with Gasteiger partial charge in [-0.1, -0.05) is 30.0 Å². The van der Waals surface area contributed by atoms with Crippen molar-refractivity contribution in [3.8, 4) is 11.5 Å². The van der Waals surface area contributed by atoms with Gasteiger partial charge >= 0.3 is 6.09 Å². The van der Waals surface area contributed by atoms with Gasteiger partial charge in [-0.15, -0.1) is 5.10 Å². The van der Waals surface area contributed by atoms with E-state index in [0.717, 1.165) is 0 Å². The van der Waals surface area contributed by atoms with E-state index in [1.54, 1.807) is 30.3 Å². The molecule has 0 bridgehead atoms. The highest BCUT2D eigenvalue weighted by Crippen LogP contribution is 2.28. The van der Waals surface area contributed by atoms with E-state index in [4.69, 9.17) is 9.47 Å². The molecule has 1 aliphatic heterocycles. The number of carbonyl (C=O) groups is 2. The smallest absolute Gasteiger partial charge is 0.417 e. The fourth-order valence-electron chi connectivity index (χ4n) is 2.14. The fraction of sp³-hybridized carbons (Fsp3) is 0.111. The van der Waals surface area contributed by atoms with Crippen LogP contribution in [-0.4, -0.2) is 36.2 Å². The quantitative estimate of drug-likeness (QED) is 0.610. The van der Waals surface area contributed by atoms with Crippen LogP contribution < -0.4 is 20.1 Å². The normalized spacial score (nSPS) is 15.0. The molecule has 8 nitrogen and oxygen atoms in total. The zero-order valence-corrected chi connectivity index (χ0v) is 15.2. The van der Waals surface area contributed by atoms with Crippen LogP contribution >= 0.6 is 11.8 Å². The lowest BCUT2D eigenvalue weighted by Gasteiger charge is -2.10. The molecule has 27 heavy (non-hydrogen) atoms. The predicted molar refractivity (Wildman–Crippen MR) is 105 cm³/mol. The summed E-state index contributed by atoms with van der Waals surface area (Å²) in [4.78, 5) is 23.1. The number of anilines is 1. The molecule has 2 N–H and O–H groups in total. The zero-order valence-electron chi connectivity index (χ0n) is 14.3. The minimum Gasteiger partial charge on any atom is -0.493 e. The predicted octanol–water partition coefficient (Wildman–Crippen LogP) is 2.86. The molecule has 0 aromatic heterocycles. The summed E-state index contributed by atoms with van der Waals surface area (Å²) < 4.78 is 10.6. The lowest BCUT2D eigenvalue weighted by atomic mass is 10.2. The van der Waals surface area contributed by atoms with E-state index in [2.05, 4.69) is 20.8 Å². The van der Waals surface area contributed by atoms with Gasteiger partial charge in [0.2, 0.25) is 5.91 Å². The van der Waals surface area contributed by atoms with Crippen molar-refractivity contribution in [2.24, 2.45) is 10.2 Å². The topological polar surface area (TPSA) is 101 Å². The first-order chi connectivity index (χ1) is 13.1. The van der Waals surface area contributed by atoms with Crippen molar-refractivity contribution in [1.29, 1.82) is 0 Å². The van der Waals surface area contributed by atoms with E-state index in [-0.39, 0.29) is 11.7 Å². The van der Waals surface area contributed by atoms with E-state index in [1.807, 2.05) is 18.2 Å². The van der Waals surface area contributed by atoms with Gasteiger partial charge in [-0.05, 0) is 35.9 Å². The molecule has 0 spiro atoms. The van der Waals surface area contributed by atoms with Crippen LogP contribution in [0.25, 0.3) is 0 Å². The Bertz CT molecular complexity index is 899. The van der Waals surface area contributed by atoms with Crippen molar-refractivity contribution in [2.45, 2.75) is 0 Å². The number of nitrogens with one attached hydrogen (secondary N) is 2. The number of carbonyl (C=O) groups excluding carboxylic acids is 2. The molecule has 0 saturated carbocycles. The van der Waals surface area contributed by atoms with E-state index in [1.165, 1.54) is 25.1 Å². The minimum atomic E-state index is -0.624. The van der Waals surface area contributed by atoms with Crippen LogP contribution in [0.3, 0.4) is 0 Å². The van der Waals surface area contributed by atoms with Crippen molar-refractivity contribution in [2.75, 3.05) is 18.2 Å². The lowest BCUT2D eigenvalue weighted by molar-refractivity contribution is -0.116. The molecule has 1 heterocycles. The largest absolute Gasteiger partial charge is 0.493 e. The zero-order chi connectivity index (χ0) is 19.1. The van der Waals surface area contributed by atoms with Crippen molar-refractivity contribution in [1.82, 2.24) is 5.32 Å². The number of benzene rings is 2. The third kappa shape index (κ3) is 5.32. The number of amides is 2. The Balaban J connectivity index is 1.65. The second kappa shape index (κ2) is 8.86. The average Bonchev–Trinajstić information content (AvgIpc) is 3.08. The molecule has 1 saturated heterocycles. The van der Waals surface area contributed by atoms with Crippen LogP contribution in [0.5, 0.6) is 11.5 Å². The molecule has 9 heteroatoms. The van der Waals surface area contributed by atoms with Crippen LogP contribution in [0.4, 0.5) is 10.5 Å². The maximum Gasteiger partial charge on any atom is 0.417 e. The number of hydrogen-bond donors (Lipinski definition) is 2. The molecular weight excluding hydrogens is 368 g/mol. The molecule has 0 unspecified atom stereocenters. The van der Waals surface area contributed by atoms with Crippen LogP contribution in [0.2, 0.25) is 0 Å². The average molecular weight is 384 g/mol. The molecule has 0 radical (unpaired) electrons. The molecule has 2 amide bonds. The second-order valence-corrected chi connectivity index (χ2v) is 6.24. The standard InChI is InChI=1S/C18H16N4O4S/c1-25-15-9-12(10-19-22-17-21-16(23)11-27-17)7-8-14(15)26-18(24)20-13-5-3-2-4-6-13/h2-10H,11H2,1H3,(H,20,24)(H,21,22,23). The van der Waals surface area contributed by atoms with Gasteiger partial charge in [-0.2, -0.15) is 5.10 Å². The SMILES string of the molecule is COc1cc(C=NN=C2NC(=O)CS2)ccc1OC(=O)Nc1ccccc1. The number of para-hydroxylation sites is 1. The summed E-state index contributed by atoms with van der Waals surface area (Å²) in [5.74, 6) is 0.900. The molecule has 0 atom stereocenters. The number of amidine groups is 1. The third-order valence-corrected chi connectivity index (χ3v) is 4.22. The fourth-order valence-corrected chi connectivity index (χ4v) is 2.77. The first kappa shape index (κ1) is 18.5. The molecule has 1 aliphatic rings. The van der Waals surface area contributed by atoms with Gasteiger partial charge in [-0.25, -0.2) is 4.79 Å². The summed E-state index contributed by atoms with van der Waals surface area (Å²) in [6.07, 6.45) is 0.885. The molecule has 3 rings (SSSR count). The van der Waals surface area contributed by atoms with Crippen molar-refractivity contribution in [3.63, 3.8) is 0 Å². The Morgan fingerprint density at radius 2 is 2.04 bits per heavy atom. The minimum absolute atomic E-state index is 0.0918. The molecule has 0 aliphatic carbocycles. The Morgan fingerprint density at radius 1 is 1.22 bits per heavy atom. The van der Waals surface area contributed by atoms with Gasteiger partial charge in [0.1, 0.15) is 0 Å². The molecule has 138 valence electrons. The maximum absolute atomic E-state index is 12.0. The Morgan fingerprint density at radius 3 is 2.74 bits per heavy atom. The number of methoxy groups -OCH3 is 1. The Kier molecular flexibility index (Phi) is 6.06. The van der Waals surface area contributed by atoms with E-state index >= 15 is 0 Å². The highest BCUT2D eigenvalue weighted by Gasteiger charge is 2.16. The Hall–Kier alpha value is -3.33. The summed E-state index contributed by atoms with van der Waals surface area (Å²) in [5, 5.41) is 13.5. The number of ether oxygens (including phenoxy) is 2. The first-order valence-corrected chi connectivity index (χ1v) is 8.88. The summed E-state index contributed by atoms with van der Waals surface area (Å²) in [5.41, 5.74) is 1.32. The summed E-state index contributed by atoms with van der Waals surface area (Å²) in [6.45, 7) is 0. The van der Waals surface area contributed by atoms with Crippen LogP contribution in [-0.2, 0) is 4.79 Å². The number of thioether (sulfide) groups is 1. The van der Waals surface area contributed by atoms with Crippen molar-refractivity contribution in [3.05, 3.63) is 54.1 Å². The van der Waals surface area contributed by atoms with Crippen molar-refractivity contribution < 1.29 is 19.1 Å². The van der Waals surface area contributed by atoms with E-state index in [9.17, 15) is 9.59 Å². The number of nitrogens with zero attached hydrogens (tertiary/aromatic N) is 2. The van der Waals surface area contributed by atoms with Gasteiger partial charge < -0.3 is 14.8 Å². The van der Waals surface area contributed by atoms with Gasteiger partial charge in [0.25, 0.3) is 0 Å². The van der Waals surface area contributed by atoms with Crippen LogP contribution in [0.1, 0.15) is 5.56 Å². The van der Waals surface area contributed by atoms with Gasteiger partial charge in [0.15, 0.2) is 16.7 Å². The van der Waals surface area contributed by atoms with Crippen LogP contribution in [0, 0.1) is 0 Å². The third-order valence-electron chi connectivity index (χ3n) is 3.35. The monoisotopic (exact) mass is 384 g/mol. The molecular formula is C18H16N4O4S. The number of rotatable bonds is 5. The van der Waals surface area contributed by atoms with Gasteiger partial charge in [0.05, 0.1) is 19.1 Å². The lowest BCUT2D eigenvalue weighted by Crippen LogP contribution is -2.19. The van der Waals surface area contributed by atoms with Gasteiger partial charge in [0, 0.05) is 5.69 Å². The molecule has 1 fully saturated rings. The molecule has 2 aromatic carbocycles. The van der Waals surface area contributed by atoms with E-state index in [0.29, 0.717) is 27.9 Å². The summed E-state index contributed by atoms with van der Waals surface area (Å²) >= 11 is 1.29. The first-order valence-electron chi connectivity index (χ1n) is 7.89. The van der Waals surface area contributed by atoms with Crippen molar-refractivity contribution >= 4 is 40.8 Å². The Labute approximate surface area is 159 Å². The maximum atomic E-state index is 12.0. The second-order valence-electron chi connectivity index (χ2n) is 5.28. The summed E-state index contributed by atoms with van der Waals surface area (Å²) in [6, 6.07) is 13.9. The number of hydrogen-bond acceptors (Lipinski definition) is 7. The summed E-state index contributed by atoms with van der Waals surface area (Å²) in [7, 11) is 1.48. The van der Waals surface area contributed by atoms with E-state index < -0.39 is 6.09 Å². The highest BCUT2D eigenvalue weighted by atomic mass is 32.2.